The molecule has 12 nitrogen and oxygen atoms in total. The minimum atomic E-state index is -4.73. The lowest BCUT2D eigenvalue weighted by atomic mass is 10.1. The molecular formula is C11H17N4O8P. The van der Waals surface area contributed by atoms with Crippen molar-refractivity contribution in [3.8, 4) is 5.88 Å². The molecule has 3 rings (SSSR count). The van der Waals surface area contributed by atoms with Crippen molar-refractivity contribution in [2.24, 2.45) is 0 Å². The fourth-order valence-corrected chi connectivity index (χ4v) is 3.12. The standard InChI is InChI=1S/C11H17N4O8P/c1-14-4-15(9-6(14)10(18)13-3-12-9)11-8(17)7(16)5(23-11)2-22-24(19,20)21/h3,5,7-8,11,16-17H,2,4H2,1H3,(H,12,13,18)(H2,19,20,21)/t5-,7-,8-,11-/m1/s1. The summed E-state index contributed by atoms with van der Waals surface area (Å²) in [6, 6.07) is 0. The van der Waals surface area contributed by atoms with Gasteiger partial charge in [0, 0.05) is 7.05 Å². The largest absolute Gasteiger partial charge is 0.492 e. The number of hydrogen-bond donors (Lipinski definition) is 5. The molecule has 1 saturated heterocycles. The van der Waals surface area contributed by atoms with Crippen LogP contribution in [-0.2, 0) is 13.8 Å². The van der Waals surface area contributed by atoms with Gasteiger partial charge in [0.15, 0.2) is 12.0 Å². The van der Waals surface area contributed by atoms with Crippen molar-refractivity contribution in [1.29, 1.82) is 0 Å². The molecule has 2 aliphatic rings. The second-order valence-corrected chi connectivity index (χ2v) is 6.75. The summed E-state index contributed by atoms with van der Waals surface area (Å²) in [4.78, 5) is 28.3. The molecule has 3 heterocycles. The third kappa shape index (κ3) is 3.05. The summed E-state index contributed by atoms with van der Waals surface area (Å²) in [7, 11) is -3.05. The van der Waals surface area contributed by atoms with Crippen LogP contribution in [0.3, 0.4) is 0 Å². The zero-order chi connectivity index (χ0) is 17.6. The number of aliphatic hydroxyl groups excluding tert-OH is 2. The summed E-state index contributed by atoms with van der Waals surface area (Å²) in [5, 5.41) is 30.1. The summed E-state index contributed by atoms with van der Waals surface area (Å²) in [6.45, 7) is -0.396. The van der Waals surface area contributed by atoms with Gasteiger partial charge in [-0.15, -0.1) is 0 Å². The summed E-state index contributed by atoms with van der Waals surface area (Å²) in [5.74, 6) is 0.0669. The fraction of sp³-hybridized carbons (Fsp3) is 0.636. The topological polar surface area (TPSA) is 169 Å². The van der Waals surface area contributed by atoms with E-state index >= 15 is 0 Å². The molecule has 13 heteroatoms. The van der Waals surface area contributed by atoms with E-state index in [9.17, 15) is 19.9 Å². The molecule has 0 spiro atoms. The zero-order valence-corrected chi connectivity index (χ0v) is 13.4. The normalized spacial score (nSPS) is 30.0. The maximum atomic E-state index is 10.8. The van der Waals surface area contributed by atoms with Crippen molar-refractivity contribution < 1.29 is 38.9 Å². The van der Waals surface area contributed by atoms with Crippen molar-refractivity contribution in [1.82, 2.24) is 9.97 Å². The molecule has 0 saturated carbocycles. The smallest absolute Gasteiger partial charge is 0.469 e. The van der Waals surface area contributed by atoms with Crippen molar-refractivity contribution in [2.75, 3.05) is 30.1 Å². The molecule has 0 aromatic carbocycles. The molecule has 5 N–H and O–H groups in total. The number of nitrogens with zero attached hydrogens (tertiary/aromatic N) is 4. The number of anilines is 2. The molecular weight excluding hydrogens is 347 g/mol. The highest BCUT2D eigenvalue weighted by molar-refractivity contribution is 7.46. The van der Waals surface area contributed by atoms with Crippen LogP contribution in [0.4, 0.5) is 11.5 Å². The zero-order valence-electron chi connectivity index (χ0n) is 12.5. The Morgan fingerprint density at radius 3 is 2.75 bits per heavy atom. The van der Waals surface area contributed by atoms with Crippen molar-refractivity contribution in [2.45, 2.75) is 24.5 Å². The van der Waals surface area contributed by atoms with Crippen LogP contribution in [0.5, 0.6) is 5.88 Å². The van der Waals surface area contributed by atoms with E-state index in [1.165, 1.54) is 4.90 Å². The van der Waals surface area contributed by atoms with Gasteiger partial charge in [-0.1, -0.05) is 0 Å². The van der Waals surface area contributed by atoms with Gasteiger partial charge in [0.05, 0.1) is 13.3 Å². The Kier molecular flexibility index (Phi) is 4.38. The Hall–Kier alpha value is -1.53. The minimum absolute atomic E-state index is 0.197. The van der Waals surface area contributed by atoms with Crippen LogP contribution >= 0.6 is 7.82 Å². The molecule has 1 aromatic rings. The predicted octanol–water partition coefficient (Wildman–Crippen LogP) is -2.05. The van der Waals surface area contributed by atoms with Gasteiger partial charge in [0.1, 0.15) is 30.3 Å². The van der Waals surface area contributed by atoms with Gasteiger partial charge >= 0.3 is 7.82 Å². The average Bonchev–Trinajstić information content (AvgIpc) is 2.96. The monoisotopic (exact) mass is 364 g/mol. The van der Waals surface area contributed by atoms with Gasteiger partial charge in [-0.2, -0.15) is 4.98 Å². The molecule has 0 unspecified atom stereocenters. The van der Waals surface area contributed by atoms with Gasteiger partial charge in [-0.25, -0.2) is 9.55 Å². The van der Waals surface area contributed by atoms with Gasteiger partial charge in [0.2, 0.25) is 5.88 Å². The molecule has 0 bridgehead atoms. The first-order chi connectivity index (χ1) is 11.2. The summed E-state index contributed by atoms with van der Waals surface area (Å²) in [6.07, 6.45) is -3.81. The Balaban J connectivity index is 1.79. The molecule has 4 atom stereocenters. The molecule has 1 aromatic heterocycles. The van der Waals surface area contributed by atoms with Crippen LogP contribution in [0.25, 0.3) is 0 Å². The number of rotatable bonds is 4. The SMILES string of the molecule is CN1CN([C@@H]2O[C@H](COP(=O)(O)O)[C@@H](O)[C@H]2O)c2ncnc(O)c21. The Morgan fingerprint density at radius 1 is 1.38 bits per heavy atom. The lowest BCUT2D eigenvalue weighted by Crippen LogP contribution is -2.45. The quantitative estimate of drug-likeness (QED) is 0.371. The second-order valence-electron chi connectivity index (χ2n) is 5.51. The molecule has 134 valence electrons. The Labute approximate surface area is 136 Å². The van der Waals surface area contributed by atoms with Crippen molar-refractivity contribution in [3.63, 3.8) is 0 Å². The lowest BCUT2D eigenvalue weighted by Gasteiger charge is -2.27. The number of phosphoric acid groups is 1. The van der Waals surface area contributed by atoms with Crippen molar-refractivity contribution in [3.05, 3.63) is 6.33 Å². The highest BCUT2D eigenvalue weighted by Crippen LogP contribution is 2.42. The van der Waals surface area contributed by atoms with Gasteiger partial charge in [0.25, 0.3) is 0 Å². The van der Waals surface area contributed by atoms with E-state index in [0.29, 0.717) is 11.5 Å². The summed E-state index contributed by atoms with van der Waals surface area (Å²) >= 11 is 0. The predicted molar refractivity (Wildman–Crippen MR) is 78.1 cm³/mol. The lowest BCUT2D eigenvalue weighted by molar-refractivity contribution is -0.0217. The highest BCUT2D eigenvalue weighted by Gasteiger charge is 2.49. The Bertz CT molecular complexity index is 671. The Morgan fingerprint density at radius 2 is 2.08 bits per heavy atom. The molecule has 0 radical (unpaired) electrons. The maximum absolute atomic E-state index is 10.8. The molecule has 1 fully saturated rings. The number of aliphatic hydroxyl groups is 2. The van der Waals surface area contributed by atoms with E-state index in [0.717, 1.165) is 6.33 Å². The average molecular weight is 364 g/mol. The number of hydrogen-bond acceptors (Lipinski definition) is 10. The van der Waals surface area contributed by atoms with E-state index in [1.54, 1.807) is 11.9 Å². The first kappa shape index (κ1) is 17.3. The van der Waals surface area contributed by atoms with Gasteiger partial charge < -0.3 is 39.6 Å². The van der Waals surface area contributed by atoms with Gasteiger partial charge in [-0.05, 0) is 0 Å². The summed E-state index contributed by atoms with van der Waals surface area (Å²) < 4.78 is 20.6. The van der Waals surface area contributed by atoms with E-state index in [2.05, 4.69) is 14.5 Å². The molecule has 0 amide bonds. The number of aromatic hydroxyl groups is 1. The van der Waals surface area contributed by atoms with E-state index < -0.39 is 39.0 Å². The van der Waals surface area contributed by atoms with Crippen LogP contribution in [0.1, 0.15) is 0 Å². The van der Waals surface area contributed by atoms with E-state index in [4.69, 9.17) is 14.5 Å². The van der Waals surface area contributed by atoms with Gasteiger partial charge in [-0.3, -0.25) is 4.52 Å². The van der Waals surface area contributed by atoms with Crippen LogP contribution in [0.15, 0.2) is 6.33 Å². The number of phosphoric ester groups is 1. The van der Waals surface area contributed by atoms with Crippen LogP contribution < -0.4 is 9.80 Å². The van der Waals surface area contributed by atoms with E-state index in [-0.39, 0.29) is 12.5 Å². The molecule has 24 heavy (non-hydrogen) atoms. The van der Waals surface area contributed by atoms with Crippen LogP contribution in [-0.4, -0.2) is 79.9 Å². The fourth-order valence-electron chi connectivity index (χ4n) is 2.77. The van der Waals surface area contributed by atoms with Crippen LogP contribution in [0, 0.1) is 0 Å². The number of ether oxygens (including phenoxy) is 1. The van der Waals surface area contributed by atoms with Crippen molar-refractivity contribution >= 4 is 19.3 Å². The highest BCUT2D eigenvalue weighted by atomic mass is 31.2. The summed E-state index contributed by atoms with van der Waals surface area (Å²) in [5.41, 5.74) is 0.345. The minimum Gasteiger partial charge on any atom is -0.492 e. The third-order valence-corrected chi connectivity index (χ3v) is 4.34. The molecule has 2 aliphatic heterocycles. The first-order valence-corrected chi connectivity index (χ1v) is 8.45. The first-order valence-electron chi connectivity index (χ1n) is 6.92. The molecule has 0 aliphatic carbocycles. The maximum Gasteiger partial charge on any atom is 0.469 e. The third-order valence-electron chi connectivity index (χ3n) is 3.85. The van der Waals surface area contributed by atoms with Crippen LogP contribution in [0.2, 0.25) is 0 Å². The van der Waals surface area contributed by atoms with E-state index in [1.807, 2.05) is 0 Å². The number of fused-ring (bicyclic) bond motifs is 1. The second kappa shape index (κ2) is 6.08. The number of aromatic nitrogens is 2.